The fourth-order valence-electron chi connectivity index (χ4n) is 3.00. The van der Waals surface area contributed by atoms with Gasteiger partial charge in [-0.1, -0.05) is 25.0 Å². The Morgan fingerprint density at radius 3 is 2.60 bits per heavy atom. The third kappa shape index (κ3) is 3.53. The fraction of sp³-hybridized carbons (Fsp3) is 0.588. The molecule has 0 spiro atoms. The molecule has 0 aliphatic heterocycles. The second-order valence-electron chi connectivity index (χ2n) is 5.81. The van der Waals surface area contributed by atoms with Crippen LogP contribution in [0.15, 0.2) is 18.2 Å². The van der Waals surface area contributed by atoms with Crippen LogP contribution in [0.1, 0.15) is 54.9 Å². The highest BCUT2D eigenvalue weighted by atomic mass is 16.5. The third-order valence-electron chi connectivity index (χ3n) is 4.36. The highest BCUT2D eigenvalue weighted by molar-refractivity contribution is 5.95. The van der Waals surface area contributed by atoms with Gasteiger partial charge in [-0.2, -0.15) is 0 Å². The lowest BCUT2D eigenvalue weighted by atomic mass is 9.84. The summed E-state index contributed by atoms with van der Waals surface area (Å²) >= 11 is 0. The number of methoxy groups -OCH3 is 1. The number of rotatable bonds is 4. The molecule has 0 unspecified atom stereocenters. The lowest BCUT2D eigenvalue weighted by Crippen LogP contribution is -2.26. The Bertz CT molecular complexity index is 462. The van der Waals surface area contributed by atoms with Crippen LogP contribution in [-0.4, -0.2) is 19.1 Å². The lowest BCUT2D eigenvalue weighted by Gasteiger charge is -2.29. The highest BCUT2D eigenvalue weighted by Crippen LogP contribution is 2.29. The number of hydrogen-bond acceptors (Lipinski definition) is 3. The predicted molar refractivity (Wildman–Crippen MR) is 82.2 cm³/mol. The van der Waals surface area contributed by atoms with E-state index in [0.29, 0.717) is 11.6 Å². The van der Waals surface area contributed by atoms with Crippen molar-refractivity contribution in [3.05, 3.63) is 29.3 Å². The van der Waals surface area contributed by atoms with Crippen molar-refractivity contribution in [1.29, 1.82) is 0 Å². The van der Waals surface area contributed by atoms with Gasteiger partial charge in [0.25, 0.3) is 0 Å². The molecule has 1 aromatic rings. The molecule has 0 atom stereocenters. The summed E-state index contributed by atoms with van der Waals surface area (Å²) in [6.45, 7) is 4.26. The molecule has 0 radical (unpaired) electrons. The Kier molecular flexibility index (Phi) is 5.05. The Morgan fingerprint density at radius 1 is 1.30 bits per heavy atom. The van der Waals surface area contributed by atoms with Crippen LogP contribution in [0.4, 0.5) is 5.69 Å². The Hall–Kier alpha value is -1.51. The third-order valence-corrected chi connectivity index (χ3v) is 4.36. The van der Waals surface area contributed by atoms with E-state index < -0.39 is 0 Å². The molecular weight excluding hydrogens is 250 g/mol. The molecule has 0 amide bonds. The number of benzene rings is 1. The maximum absolute atomic E-state index is 11.9. The first-order chi connectivity index (χ1) is 9.63. The van der Waals surface area contributed by atoms with E-state index in [4.69, 9.17) is 4.74 Å². The van der Waals surface area contributed by atoms with Crippen molar-refractivity contribution in [3.63, 3.8) is 0 Å². The molecule has 1 aromatic carbocycles. The van der Waals surface area contributed by atoms with Gasteiger partial charge in [-0.3, -0.25) is 0 Å². The number of anilines is 1. The number of hydrogen-bond donors (Lipinski definition) is 1. The maximum Gasteiger partial charge on any atom is 0.339 e. The van der Waals surface area contributed by atoms with Crippen molar-refractivity contribution >= 4 is 11.7 Å². The van der Waals surface area contributed by atoms with E-state index in [0.717, 1.165) is 17.2 Å². The molecule has 1 saturated carbocycles. The molecule has 0 aromatic heterocycles. The van der Waals surface area contributed by atoms with Crippen LogP contribution in [0, 0.1) is 12.8 Å². The molecule has 1 aliphatic carbocycles. The summed E-state index contributed by atoms with van der Waals surface area (Å²) in [6.07, 6.45) is 6.23. The Balaban J connectivity index is 2.07. The predicted octanol–water partition coefficient (Wildman–Crippen LogP) is 4.16. The number of carbonyl (C=O) groups excluding carboxylic acids is 1. The van der Waals surface area contributed by atoms with Gasteiger partial charge in [0, 0.05) is 11.7 Å². The number of carbonyl (C=O) groups is 1. The van der Waals surface area contributed by atoms with Crippen LogP contribution in [-0.2, 0) is 4.74 Å². The van der Waals surface area contributed by atoms with Gasteiger partial charge in [0.2, 0.25) is 0 Å². The van der Waals surface area contributed by atoms with E-state index in [1.807, 2.05) is 25.1 Å². The van der Waals surface area contributed by atoms with Crippen molar-refractivity contribution in [2.45, 2.75) is 52.0 Å². The summed E-state index contributed by atoms with van der Waals surface area (Å²) in [4.78, 5) is 11.9. The molecule has 0 bridgehead atoms. The van der Waals surface area contributed by atoms with E-state index in [1.165, 1.54) is 39.2 Å². The van der Waals surface area contributed by atoms with Crippen molar-refractivity contribution in [2.24, 2.45) is 5.92 Å². The van der Waals surface area contributed by atoms with E-state index >= 15 is 0 Å². The monoisotopic (exact) mass is 275 g/mol. The molecule has 20 heavy (non-hydrogen) atoms. The molecule has 0 saturated heterocycles. The van der Waals surface area contributed by atoms with Crippen LogP contribution in [0.5, 0.6) is 0 Å². The quantitative estimate of drug-likeness (QED) is 0.838. The average Bonchev–Trinajstić information content (AvgIpc) is 2.49. The van der Waals surface area contributed by atoms with Gasteiger partial charge in [0.1, 0.15) is 0 Å². The molecule has 1 N–H and O–H groups in total. The SMILES string of the molecule is CCC1CCC(Nc2ccc(C)cc2C(=O)OC)CC1. The van der Waals surface area contributed by atoms with Gasteiger partial charge in [-0.15, -0.1) is 0 Å². The van der Waals surface area contributed by atoms with E-state index in [-0.39, 0.29) is 5.97 Å². The van der Waals surface area contributed by atoms with Crippen LogP contribution < -0.4 is 5.32 Å². The molecule has 1 fully saturated rings. The van der Waals surface area contributed by atoms with E-state index in [2.05, 4.69) is 12.2 Å². The smallest absolute Gasteiger partial charge is 0.339 e. The first-order valence-electron chi connectivity index (χ1n) is 7.59. The minimum Gasteiger partial charge on any atom is -0.465 e. The summed E-state index contributed by atoms with van der Waals surface area (Å²) in [5.41, 5.74) is 2.62. The normalized spacial score (nSPS) is 22.4. The maximum atomic E-state index is 11.9. The van der Waals surface area contributed by atoms with Crippen molar-refractivity contribution in [3.8, 4) is 0 Å². The van der Waals surface area contributed by atoms with Gasteiger partial charge < -0.3 is 10.1 Å². The second-order valence-corrected chi connectivity index (χ2v) is 5.81. The van der Waals surface area contributed by atoms with Crippen LogP contribution >= 0.6 is 0 Å². The van der Waals surface area contributed by atoms with Crippen molar-refractivity contribution in [2.75, 3.05) is 12.4 Å². The first kappa shape index (κ1) is 14.9. The lowest BCUT2D eigenvalue weighted by molar-refractivity contribution is 0.0601. The van der Waals surface area contributed by atoms with Crippen LogP contribution in [0.2, 0.25) is 0 Å². The second kappa shape index (κ2) is 6.78. The minimum atomic E-state index is -0.265. The zero-order chi connectivity index (χ0) is 14.5. The van der Waals surface area contributed by atoms with Gasteiger partial charge in [0.15, 0.2) is 0 Å². The fourth-order valence-corrected chi connectivity index (χ4v) is 3.00. The first-order valence-corrected chi connectivity index (χ1v) is 7.59. The molecule has 110 valence electrons. The standard InChI is InChI=1S/C17H25NO2/c1-4-13-6-8-14(9-7-13)18-16-10-5-12(2)11-15(16)17(19)20-3/h5,10-11,13-14,18H,4,6-9H2,1-3H3. The van der Waals surface area contributed by atoms with Gasteiger partial charge in [0.05, 0.1) is 12.7 Å². The number of nitrogens with one attached hydrogen (secondary N) is 1. The number of ether oxygens (including phenoxy) is 1. The number of esters is 1. The largest absolute Gasteiger partial charge is 0.465 e. The summed E-state index contributed by atoms with van der Waals surface area (Å²) < 4.78 is 4.88. The van der Waals surface area contributed by atoms with Crippen LogP contribution in [0.25, 0.3) is 0 Å². The average molecular weight is 275 g/mol. The van der Waals surface area contributed by atoms with Gasteiger partial charge >= 0.3 is 5.97 Å². The molecule has 1 aliphatic rings. The van der Waals surface area contributed by atoms with Gasteiger partial charge in [-0.05, 0) is 50.7 Å². The number of aryl methyl sites for hydroxylation is 1. The highest BCUT2D eigenvalue weighted by Gasteiger charge is 2.21. The molecule has 0 heterocycles. The van der Waals surface area contributed by atoms with E-state index in [1.54, 1.807) is 0 Å². The Labute approximate surface area is 121 Å². The summed E-state index contributed by atoms with van der Waals surface area (Å²) in [6, 6.07) is 6.40. The summed E-state index contributed by atoms with van der Waals surface area (Å²) in [5.74, 6) is 0.615. The zero-order valence-electron chi connectivity index (χ0n) is 12.7. The molecule has 2 rings (SSSR count). The van der Waals surface area contributed by atoms with Crippen molar-refractivity contribution < 1.29 is 9.53 Å². The minimum absolute atomic E-state index is 0.265. The summed E-state index contributed by atoms with van der Waals surface area (Å²) in [5, 5.41) is 3.54. The Morgan fingerprint density at radius 2 is 2.00 bits per heavy atom. The molecule has 3 heteroatoms. The molecule has 3 nitrogen and oxygen atoms in total. The topological polar surface area (TPSA) is 38.3 Å². The van der Waals surface area contributed by atoms with E-state index in [9.17, 15) is 4.79 Å². The summed E-state index contributed by atoms with van der Waals surface area (Å²) in [7, 11) is 1.43. The van der Waals surface area contributed by atoms with Crippen LogP contribution in [0.3, 0.4) is 0 Å². The van der Waals surface area contributed by atoms with Gasteiger partial charge in [-0.25, -0.2) is 4.79 Å². The molecular formula is C17H25NO2. The van der Waals surface area contributed by atoms with Crippen molar-refractivity contribution in [1.82, 2.24) is 0 Å². The zero-order valence-corrected chi connectivity index (χ0v) is 12.7.